The lowest BCUT2D eigenvalue weighted by atomic mass is 10.3. The monoisotopic (exact) mass is 274 g/mol. The molecule has 0 bridgehead atoms. The molecule has 1 aromatic rings. The molecule has 0 unspecified atom stereocenters. The highest BCUT2D eigenvalue weighted by atomic mass is 32.2. The maximum atomic E-state index is 12.1. The van der Waals surface area contributed by atoms with E-state index in [0.717, 1.165) is 15.6 Å². The predicted molar refractivity (Wildman–Crippen MR) is 59.8 cm³/mol. The van der Waals surface area contributed by atoms with Gasteiger partial charge in [-0.3, -0.25) is 0 Å². The minimum Gasteiger partial charge on any atom is -0.389 e. The van der Waals surface area contributed by atoms with Crippen LogP contribution in [0.15, 0.2) is 16.3 Å². The summed E-state index contributed by atoms with van der Waals surface area (Å²) in [5.74, 6) is 0. The molecule has 1 saturated heterocycles. The number of β-amino-alcohol motifs (C(OH)–C–C–N with tert-alkyl or cyclic N) is 2. The van der Waals surface area contributed by atoms with Crippen molar-refractivity contribution < 1.29 is 18.6 Å². The molecule has 2 rings (SSSR count). The second-order valence-electron chi connectivity index (χ2n) is 3.69. The molecule has 1 aliphatic heterocycles. The Morgan fingerprint density at radius 3 is 2.41 bits per heavy atom. The molecule has 1 aromatic heterocycles. The van der Waals surface area contributed by atoms with Crippen molar-refractivity contribution in [3.8, 4) is 6.07 Å². The third kappa shape index (κ3) is 2.20. The summed E-state index contributed by atoms with van der Waals surface area (Å²) in [5.41, 5.74) is 0. The van der Waals surface area contributed by atoms with Gasteiger partial charge in [-0.1, -0.05) is 0 Å². The first-order chi connectivity index (χ1) is 7.95. The third-order valence-corrected chi connectivity index (χ3v) is 5.80. The molecule has 0 radical (unpaired) electrons. The Morgan fingerprint density at radius 2 is 1.94 bits per heavy atom. The quantitative estimate of drug-likeness (QED) is 0.746. The van der Waals surface area contributed by atoms with Crippen LogP contribution in [0.4, 0.5) is 0 Å². The fraction of sp³-hybridized carbons (Fsp3) is 0.444. The summed E-state index contributed by atoms with van der Waals surface area (Å²) in [6.45, 7) is -0.243. The van der Waals surface area contributed by atoms with E-state index in [1.54, 1.807) is 0 Å². The van der Waals surface area contributed by atoms with Crippen molar-refractivity contribution in [2.45, 2.75) is 16.4 Å². The Bertz CT molecular complexity index is 550. The van der Waals surface area contributed by atoms with Gasteiger partial charge in [-0.15, -0.1) is 11.3 Å². The van der Waals surface area contributed by atoms with E-state index in [9.17, 15) is 18.6 Å². The van der Waals surface area contributed by atoms with E-state index in [-0.39, 0.29) is 17.3 Å². The van der Waals surface area contributed by atoms with Crippen molar-refractivity contribution in [1.29, 1.82) is 5.26 Å². The first kappa shape index (κ1) is 12.5. The standard InChI is InChI=1S/C9H10N2O4S2/c10-3-6-1-2-9(16-6)17(14,15)11-4-7(12)8(13)5-11/h1-2,7-8,12-13H,4-5H2/t7-,8+. The number of hydrogen-bond acceptors (Lipinski definition) is 6. The van der Waals surface area contributed by atoms with E-state index >= 15 is 0 Å². The molecule has 0 saturated carbocycles. The lowest BCUT2D eigenvalue weighted by Crippen LogP contribution is -2.29. The zero-order valence-corrected chi connectivity index (χ0v) is 10.3. The maximum Gasteiger partial charge on any atom is 0.252 e. The first-order valence-electron chi connectivity index (χ1n) is 4.81. The molecule has 0 spiro atoms. The number of thiophene rings is 1. The van der Waals surface area contributed by atoms with E-state index in [1.807, 2.05) is 6.07 Å². The lowest BCUT2D eigenvalue weighted by Gasteiger charge is -2.13. The molecule has 17 heavy (non-hydrogen) atoms. The van der Waals surface area contributed by atoms with Crippen molar-refractivity contribution >= 4 is 21.4 Å². The molecule has 0 aliphatic carbocycles. The SMILES string of the molecule is N#Cc1ccc(S(=O)(=O)N2C[C@@H](O)[C@@H](O)C2)s1. The second-order valence-corrected chi connectivity index (χ2v) is 6.94. The number of aliphatic hydroxyl groups is 2. The van der Waals surface area contributed by atoms with E-state index in [4.69, 9.17) is 5.26 Å². The topological polar surface area (TPSA) is 102 Å². The minimum atomic E-state index is -3.71. The molecule has 2 heterocycles. The Morgan fingerprint density at radius 1 is 1.35 bits per heavy atom. The predicted octanol–water partition coefficient (Wildman–Crippen LogP) is -0.654. The molecule has 1 fully saturated rings. The number of aliphatic hydroxyl groups excluding tert-OH is 2. The highest BCUT2D eigenvalue weighted by Crippen LogP contribution is 2.27. The van der Waals surface area contributed by atoms with Gasteiger partial charge in [0.05, 0.1) is 12.2 Å². The number of rotatable bonds is 2. The number of hydrogen-bond donors (Lipinski definition) is 2. The molecule has 8 heteroatoms. The van der Waals surface area contributed by atoms with E-state index in [1.165, 1.54) is 12.1 Å². The van der Waals surface area contributed by atoms with Gasteiger partial charge in [0.2, 0.25) is 0 Å². The highest BCUT2D eigenvalue weighted by molar-refractivity contribution is 7.91. The fourth-order valence-corrected chi connectivity index (χ4v) is 4.31. The van der Waals surface area contributed by atoms with Gasteiger partial charge in [-0.05, 0) is 12.1 Å². The molecule has 6 nitrogen and oxygen atoms in total. The summed E-state index contributed by atoms with van der Waals surface area (Å²) in [7, 11) is -3.71. The summed E-state index contributed by atoms with van der Waals surface area (Å²) in [4.78, 5) is 0.309. The Kier molecular flexibility index (Phi) is 3.20. The number of sulfonamides is 1. The van der Waals surface area contributed by atoms with E-state index < -0.39 is 22.2 Å². The zero-order valence-electron chi connectivity index (χ0n) is 8.65. The van der Waals surface area contributed by atoms with Crippen LogP contribution in [-0.2, 0) is 10.0 Å². The van der Waals surface area contributed by atoms with E-state index in [0.29, 0.717) is 4.88 Å². The maximum absolute atomic E-state index is 12.1. The van der Waals surface area contributed by atoms with Gasteiger partial charge in [0.15, 0.2) is 0 Å². The van der Waals surface area contributed by atoms with Crippen molar-refractivity contribution in [2.24, 2.45) is 0 Å². The molecule has 0 amide bonds. The molecule has 0 aromatic carbocycles. The summed E-state index contributed by atoms with van der Waals surface area (Å²) in [5, 5.41) is 27.3. The van der Waals surface area contributed by atoms with Crippen molar-refractivity contribution in [3.63, 3.8) is 0 Å². The van der Waals surface area contributed by atoms with Crippen LogP contribution in [0.5, 0.6) is 0 Å². The average molecular weight is 274 g/mol. The van der Waals surface area contributed by atoms with Crippen LogP contribution in [0.1, 0.15) is 4.88 Å². The van der Waals surface area contributed by atoms with Crippen LogP contribution in [0.25, 0.3) is 0 Å². The van der Waals surface area contributed by atoms with Gasteiger partial charge < -0.3 is 10.2 Å². The lowest BCUT2D eigenvalue weighted by molar-refractivity contribution is 0.0572. The number of nitrogens with zero attached hydrogens (tertiary/aromatic N) is 2. The van der Waals surface area contributed by atoms with Crippen molar-refractivity contribution in [1.82, 2.24) is 4.31 Å². The molecular formula is C9H10N2O4S2. The average Bonchev–Trinajstić information content (AvgIpc) is 2.87. The molecule has 92 valence electrons. The van der Waals surface area contributed by atoms with Gasteiger partial charge in [-0.25, -0.2) is 8.42 Å². The first-order valence-corrected chi connectivity index (χ1v) is 7.07. The largest absolute Gasteiger partial charge is 0.389 e. The van der Waals surface area contributed by atoms with Gasteiger partial charge >= 0.3 is 0 Å². The van der Waals surface area contributed by atoms with Gasteiger partial charge in [0.1, 0.15) is 15.2 Å². The van der Waals surface area contributed by atoms with Crippen LogP contribution in [0, 0.1) is 11.3 Å². The third-order valence-electron chi connectivity index (χ3n) is 2.51. The molecular weight excluding hydrogens is 264 g/mol. The molecule has 1 aliphatic rings. The molecule has 2 N–H and O–H groups in total. The number of nitriles is 1. The Balaban J connectivity index is 2.29. The van der Waals surface area contributed by atoms with Gasteiger partial charge in [-0.2, -0.15) is 9.57 Å². The van der Waals surface area contributed by atoms with Crippen molar-refractivity contribution in [2.75, 3.05) is 13.1 Å². The van der Waals surface area contributed by atoms with E-state index in [2.05, 4.69) is 0 Å². The second kappa shape index (κ2) is 4.36. The van der Waals surface area contributed by atoms with Gasteiger partial charge in [0.25, 0.3) is 10.0 Å². The summed E-state index contributed by atoms with van der Waals surface area (Å²) in [6, 6.07) is 4.65. The van der Waals surface area contributed by atoms with Gasteiger partial charge in [0, 0.05) is 13.1 Å². The van der Waals surface area contributed by atoms with Crippen molar-refractivity contribution in [3.05, 3.63) is 17.0 Å². The van der Waals surface area contributed by atoms with Crippen LogP contribution in [0.3, 0.4) is 0 Å². The minimum absolute atomic E-state index is 0.0513. The smallest absolute Gasteiger partial charge is 0.252 e. The summed E-state index contributed by atoms with van der Waals surface area (Å²) >= 11 is 0.875. The zero-order chi connectivity index (χ0) is 12.6. The summed E-state index contributed by atoms with van der Waals surface area (Å²) < 4.78 is 25.2. The van der Waals surface area contributed by atoms with Crippen LogP contribution in [-0.4, -0.2) is 48.2 Å². The molecule has 2 atom stereocenters. The van der Waals surface area contributed by atoms with Crippen LogP contribution < -0.4 is 0 Å². The normalized spacial score (nSPS) is 25.9. The fourth-order valence-electron chi connectivity index (χ4n) is 1.58. The highest BCUT2D eigenvalue weighted by Gasteiger charge is 2.38. The Labute approximate surface area is 102 Å². The van der Waals surface area contributed by atoms with Crippen LogP contribution >= 0.6 is 11.3 Å². The summed E-state index contributed by atoms with van der Waals surface area (Å²) in [6.07, 6.45) is -2.11. The van der Waals surface area contributed by atoms with Crippen LogP contribution in [0.2, 0.25) is 0 Å². The Hall–Kier alpha value is -0.980.